The van der Waals surface area contributed by atoms with Gasteiger partial charge in [0.1, 0.15) is 5.54 Å². The number of rotatable bonds is 3. The zero-order valence-corrected chi connectivity index (χ0v) is 18.4. The number of aromatic nitrogens is 1. The SMILES string of the molecule is Cc1cc(-c2cc(C(F)(F)F)ccc2C(N)=O)cc([C@H]2CC[C@]3(CCN(C)C3=O)N2)n1.Cl. The normalized spacial score (nSPS) is 23.0. The number of likely N-dealkylation sites (tertiary alicyclic amines) is 1. The fourth-order valence-corrected chi connectivity index (χ4v) is 4.59. The number of aryl methyl sites for hydroxylation is 1. The quantitative estimate of drug-likeness (QED) is 0.720. The molecule has 0 aliphatic carbocycles. The molecule has 3 heterocycles. The third kappa shape index (κ3) is 4.19. The van der Waals surface area contributed by atoms with Gasteiger partial charge in [0.2, 0.25) is 11.8 Å². The lowest BCUT2D eigenvalue weighted by Crippen LogP contribution is -2.47. The number of hydrogen-bond acceptors (Lipinski definition) is 4. The number of nitrogens with two attached hydrogens (primary N) is 1. The molecule has 2 aromatic rings. The lowest BCUT2D eigenvalue weighted by molar-refractivity contribution is -0.137. The number of alkyl halides is 3. The fraction of sp³-hybridized carbons (Fsp3) is 0.409. The number of halogens is 4. The Kier molecular flexibility index (Phi) is 6.27. The lowest BCUT2D eigenvalue weighted by atomic mass is 9.95. The minimum absolute atomic E-state index is 0. The molecule has 1 spiro atoms. The average Bonchev–Trinajstić information content (AvgIpc) is 3.26. The number of hydrogen-bond donors (Lipinski definition) is 2. The first-order chi connectivity index (χ1) is 14.5. The predicted octanol–water partition coefficient (Wildman–Crippen LogP) is 3.62. The standard InChI is InChI=1S/C22H23F3N4O2.ClH/c1-12-9-13(16-11-14(22(23,24)25)3-4-15(16)19(26)30)10-18(27-12)17-5-6-21(28-17)7-8-29(2)20(21)31;/h3-4,9-11,17,28H,5-8H2,1-2H3,(H2,26,30);1H/t17-,21-;/m1./s1. The molecule has 1 aromatic heterocycles. The number of primary amides is 1. The van der Waals surface area contributed by atoms with Crippen LogP contribution in [0.2, 0.25) is 0 Å². The van der Waals surface area contributed by atoms with E-state index in [1.54, 1.807) is 31.0 Å². The van der Waals surface area contributed by atoms with E-state index in [4.69, 9.17) is 5.73 Å². The highest BCUT2D eigenvalue weighted by Gasteiger charge is 2.50. The van der Waals surface area contributed by atoms with Crippen molar-refractivity contribution in [2.45, 2.75) is 43.9 Å². The molecule has 2 atom stereocenters. The summed E-state index contributed by atoms with van der Waals surface area (Å²) in [7, 11) is 1.77. The molecule has 10 heteroatoms. The molecular weight excluding hydrogens is 445 g/mol. The van der Waals surface area contributed by atoms with E-state index in [0.29, 0.717) is 42.8 Å². The topological polar surface area (TPSA) is 88.3 Å². The molecule has 0 bridgehead atoms. The second kappa shape index (κ2) is 8.37. The minimum atomic E-state index is -4.55. The van der Waals surface area contributed by atoms with E-state index in [2.05, 4.69) is 10.3 Å². The highest BCUT2D eigenvalue weighted by molar-refractivity contribution is 6.00. The maximum absolute atomic E-state index is 13.3. The van der Waals surface area contributed by atoms with Gasteiger partial charge in [-0.3, -0.25) is 19.9 Å². The Morgan fingerprint density at radius 2 is 1.97 bits per heavy atom. The van der Waals surface area contributed by atoms with Crippen LogP contribution in [0.3, 0.4) is 0 Å². The van der Waals surface area contributed by atoms with Gasteiger partial charge in [-0.05, 0) is 67.6 Å². The Morgan fingerprint density at radius 1 is 1.25 bits per heavy atom. The van der Waals surface area contributed by atoms with E-state index < -0.39 is 23.2 Å². The number of likely N-dealkylation sites (N-methyl/N-ethyl adjacent to an activating group) is 1. The average molecular weight is 469 g/mol. The first-order valence-corrected chi connectivity index (χ1v) is 10.0. The Hall–Kier alpha value is -2.65. The Bertz CT molecular complexity index is 1080. The highest BCUT2D eigenvalue weighted by Crippen LogP contribution is 2.40. The molecule has 0 saturated carbocycles. The number of amides is 2. The minimum Gasteiger partial charge on any atom is -0.366 e. The summed E-state index contributed by atoms with van der Waals surface area (Å²) in [5, 5.41) is 3.42. The van der Waals surface area contributed by atoms with Crippen LogP contribution < -0.4 is 11.1 Å². The molecule has 4 rings (SSSR count). The van der Waals surface area contributed by atoms with Crippen molar-refractivity contribution in [2.75, 3.05) is 13.6 Å². The van der Waals surface area contributed by atoms with Crippen molar-refractivity contribution >= 4 is 24.2 Å². The summed E-state index contributed by atoms with van der Waals surface area (Å²) < 4.78 is 39.9. The monoisotopic (exact) mass is 468 g/mol. The van der Waals surface area contributed by atoms with Crippen LogP contribution >= 0.6 is 12.4 Å². The van der Waals surface area contributed by atoms with E-state index in [1.807, 2.05) is 0 Å². The highest BCUT2D eigenvalue weighted by atomic mass is 35.5. The molecule has 0 radical (unpaired) electrons. The number of nitrogens with one attached hydrogen (secondary N) is 1. The zero-order chi connectivity index (χ0) is 22.6. The van der Waals surface area contributed by atoms with Crippen molar-refractivity contribution in [3.8, 4) is 11.1 Å². The van der Waals surface area contributed by atoms with Crippen LogP contribution in [-0.2, 0) is 11.0 Å². The molecule has 3 N–H and O–H groups in total. The van der Waals surface area contributed by atoms with Gasteiger partial charge >= 0.3 is 6.18 Å². The number of benzene rings is 1. The first-order valence-electron chi connectivity index (χ1n) is 10.0. The van der Waals surface area contributed by atoms with Crippen LogP contribution in [0, 0.1) is 6.92 Å². The number of pyridine rings is 1. The molecule has 2 fully saturated rings. The van der Waals surface area contributed by atoms with E-state index in [-0.39, 0.29) is 35.5 Å². The van der Waals surface area contributed by atoms with Gasteiger partial charge in [0.15, 0.2) is 0 Å². The molecule has 32 heavy (non-hydrogen) atoms. The predicted molar refractivity (Wildman–Crippen MR) is 115 cm³/mol. The lowest BCUT2D eigenvalue weighted by Gasteiger charge is -2.23. The molecule has 2 amide bonds. The Balaban J connectivity index is 0.00000289. The van der Waals surface area contributed by atoms with Crippen molar-refractivity contribution in [1.29, 1.82) is 0 Å². The van der Waals surface area contributed by atoms with Gasteiger partial charge in [0.25, 0.3) is 0 Å². The van der Waals surface area contributed by atoms with Crippen LogP contribution in [0.15, 0.2) is 30.3 Å². The Morgan fingerprint density at radius 3 is 2.56 bits per heavy atom. The van der Waals surface area contributed by atoms with Gasteiger partial charge in [0.05, 0.1) is 17.3 Å². The molecule has 2 aliphatic rings. The van der Waals surface area contributed by atoms with Gasteiger partial charge in [-0.25, -0.2) is 0 Å². The van der Waals surface area contributed by atoms with Crippen molar-refractivity contribution in [3.05, 3.63) is 52.8 Å². The van der Waals surface area contributed by atoms with Crippen LogP contribution in [-0.4, -0.2) is 40.8 Å². The molecule has 0 unspecified atom stereocenters. The molecule has 1 aromatic carbocycles. The van der Waals surface area contributed by atoms with Crippen LogP contribution in [0.4, 0.5) is 13.2 Å². The van der Waals surface area contributed by atoms with Crippen molar-refractivity contribution < 1.29 is 22.8 Å². The molecule has 2 saturated heterocycles. The number of carbonyl (C=O) groups excluding carboxylic acids is 2. The molecule has 2 aliphatic heterocycles. The summed E-state index contributed by atoms with van der Waals surface area (Å²) in [6.07, 6.45) is -2.50. The fourth-order valence-electron chi connectivity index (χ4n) is 4.59. The van der Waals surface area contributed by atoms with E-state index in [9.17, 15) is 22.8 Å². The van der Waals surface area contributed by atoms with Gasteiger partial charge in [-0.1, -0.05) is 0 Å². The summed E-state index contributed by atoms with van der Waals surface area (Å²) in [5.74, 6) is -0.756. The van der Waals surface area contributed by atoms with Gasteiger partial charge in [-0.2, -0.15) is 13.2 Å². The number of nitrogens with zero attached hydrogens (tertiary/aromatic N) is 2. The second-order valence-corrected chi connectivity index (χ2v) is 8.34. The maximum atomic E-state index is 13.3. The maximum Gasteiger partial charge on any atom is 0.416 e. The van der Waals surface area contributed by atoms with Crippen LogP contribution in [0.5, 0.6) is 0 Å². The molecule has 172 valence electrons. The largest absolute Gasteiger partial charge is 0.416 e. The van der Waals surface area contributed by atoms with Gasteiger partial charge < -0.3 is 10.6 Å². The van der Waals surface area contributed by atoms with Crippen LogP contribution in [0.25, 0.3) is 11.1 Å². The zero-order valence-electron chi connectivity index (χ0n) is 17.6. The third-order valence-corrected chi connectivity index (χ3v) is 6.19. The van der Waals surface area contributed by atoms with Gasteiger partial charge in [0, 0.05) is 24.8 Å². The summed E-state index contributed by atoms with van der Waals surface area (Å²) in [6, 6.07) is 5.99. The summed E-state index contributed by atoms with van der Waals surface area (Å²) in [5.41, 5.74) is 5.72. The molecular formula is C22H24ClF3N4O2. The van der Waals surface area contributed by atoms with E-state index >= 15 is 0 Å². The summed E-state index contributed by atoms with van der Waals surface area (Å²) in [6.45, 7) is 2.42. The smallest absolute Gasteiger partial charge is 0.366 e. The van der Waals surface area contributed by atoms with E-state index in [0.717, 1.165) is 18.2 Å². The summed E-state index contributed by atoms with van der Waals surface area (Å²) in [4.78, 5) is 30.7. The van der Waals surface area contributed by atoms with Crippen LogP contribution in [0.1, 0.15) is 52.6 Å². The first kappa shape index (κ1) is 24.0. The Labute approximate surface area is 189 Å². The van der Waals surface area contributed by atoms with Gasteiger partial charge in [-0.15, -0.1) is 12.4 Å². The third-order valence-electron chi connectivity index (χ3n) is 6.19. The summed E-state index contributed by atoms with van der Waals surface area (Å²) >= 11 is 0. The van der Waals surface area contributed by atoms with E-state index in [1.165, 1.54) is 0 Å². The van der Waals surface area contributed by atoms with Crippen molar-refractivity contribution in [3.63, 3.8) is 0 Å². The van der Waals surface area contributed by atoms with Crippen molar-refractivity contribution in [1.82, 2.24) is 15.2 Å². The number of carbonyl (C=O) groups is 2. The van der Waals surface area contributed by atoms with Crippen molar-refractivity contribution in [2.24, 2.45) is 5.73 Å². The molecule has 6 nitrogen and oxygen atoms in total. The second-order valence-electron chi connectivity index (χ2n) is 8.34.